The van der Waals surface area contributed by atoms with Crippen LogP contribution in [0.5, 0.6) is 0 Å². The normalized spacial score (nSPS) is 10.9. The Kier molecular flexibility index (Phi) is 5.72. The van der Waals surface area contributed by atoms with Gasteiger partial charge in [0.15, 0.2) is 0 Å². The number of pyridine rings is 1. The van der Waals surface area contributed by atoms with Gasteiger partial charge in [-0.05, 0) is 49.7 Å². The number of benzene rings is 2. The molecule has 0 aliphatic heterocycles. The summed E-state index contributed by atoms with van der Waals surface area (Å²) in [6, 6.07) is 19.1. The molecule has 2 aromatic carbocycles. The maximum Gasteiger partial charge on any atom is 0.322 e. The first-order chi connectivity index (χ1) is 14.5. The van der Waals surface area contributed by atoms with Crippen LogP contribution < -0.4 is 5.32 Å². The number of hydrogen-bond donors (Lipinski definition) is 1. The second-order valence-corrected chi connectivity index (χ2v) is 7.67. The fraction of sp³-hybridized carbons (Fsp3) is 0.167. The van der Waals surface area contributed by atoms with E-state index in [1.165, 1.54) is 0 Å². The van der Waals surface area contributed by atoms with Crippen LogP contribution in [0.4, 0.5) is 10.5 Å². The van der Waals surface area contributed by atoms with Crippen molar-refractivity contribution < 1.29 is 9.21 Å². The number of aromatic nitrogens is 1. The third kappa shape index (κ3) is 4.47. The Morgan fingerprint density at radius 2 is 1.87 bits per heavy atom. The SMILES string of the molecule is Cc1ccc(NC(=O)N(Cc2ccco2)Cc2cc3cccc(C)c3nc2Cl)cc1. The summed E-state index contributed by atoms with van der Waals surface area (Å²) < 4.78 is 5.46. The standard InChI is InChI=1S/C24H22ClN3O2/c1-16-8-10-20(11-9-16)26-24(29)28(15-21-7-4-12-30-21)14-19-13-18-6-3-5-17(2)22(18)27-23(19)25/h3-13H,14-15H2,1-2H3,(H,26,29). The number of furan rings is 1. The van der Waals surface area contributed by atoms with Gasteiger partial charge in [-0.3, -0.25) is 0 Å². The third-order valence-corrected chi connectivity index (χ3v) is 5.28. The van der Waals surface area contributed by atoms with Gasteiger partial charge >= 0.3 is 6.03 Å². The highest BCUT2D eigenvalue weighted by atomic mass is 35.5. The van der Waals surface area contributed by atoms with Gasteiger partial charge in [-0.15, -0.1) is 0 Å². The van der Waals surface area contributed by atoms with Crippen LogP contribution >= 0.6 is 11.6 Å². The topological polar surface area (TPSA) is 58.4 Å². The van der Waals surface area contributed by atoms with Gasteiger partial charge in [0, 0.05) is 16.6 Å². The van der Waals surface area contributed by atoms with Crippen molar-refractivity contribution in [1.82, 2.24) is 9.88 Å². The van der Waals surface area contributed by atoms with Gasteiger partial charge < -0.3 is 14.6 Å². The highest BCUT2D eigenvalue weighted by Gasteiger charge is 2.19. The lowest BCUT2D eigenvalue weighted by atomic mass is 10.1. The van der Waals surface area contributed by atoms with Gasteiger partial charge in [0.1, 0.15) is 10.9 Å². The molecule has 2 amide bonds. The minimum absolute atomic E-state index is 0.240. The molecule has 1 N–H and O–H groups in total. The number of carbonyl (C=O) groups is 1. The zero-order valence-corrected chi connectivity index (χ0v) is 17.6. The number of nitrogens with one attached hydrogen (secondary N) is 1. The quantitative estimate of drug-likeness (QED) is 0.384. The average Bonchev–Trinajstić information content (AvgIpc) is 3.24. The fourth-order valence-electron chi connectivity index (χ4n) is 3.31. The van der Waals surface area contributed by atoms with Crippen molar-refractivity contribution in [2.75, 3.05) is 5.32 Å². The molecule has 0 unspecified atom stereocenters. The maximum absolute atomic E-state index is 13.1. The molecule has 0 aliphatic rings. The predicted molar refractivity (Wildman–Crippen MR) is 120 cm³/mol. The van der Waals surface area contributed by atoms with E-state index in [2.05, 4.69) is 10.3 Å². The lowest BCUT2D eigenvalue weighted by molar-refractivity contribution is 0.201. The van der Waals surface area contributed by atoms with Gasteiger partial charge in [0.05, 0.1) is 24.9 Å². The minimum atomic E-state index is -0.240. The average molecular weight is 420 g/mol. The van der Waals surface area contributed by atoms with Crippen LogP contribution in [0.1, 0.15) is 22.5 Å². The number of urea groups is 1. The van der Waals surface area contributed by atoms with Crippen molar-refractivity contribution in [2.45, 2.75) is 26.9 Å². The molecule has 5 nitrogen and oxygen atoms in total. The summed E-state index contributed by atoms with van der Waals surface area (Å²) in [6.45, 7) is 4.62. The van der Waals surface area contributed by atoms with Crippen LogP contribution in [0.25, 0.3) is 10.9 Å². The first-order valence-electron chi connectivity index (χ1n) is 9.69. The Labute approximate surface area is 180 Å². The highest BCUT2D eigenvalue weighted by molar-refractivity contribution is 6.30. The lowest BCUT2D eigenvalue weighted by Gasteiger charge is -2.23. The van der Waals surface area contributed by atoms with Crippen molar-refractivity contribution in [1.29, 1.82) is 0 Å². The van der Waals surface area contributed by atoms with E-state index >= 15 is 0 Å². The van der Waals surface area contributed by atoms with Crippen molar-refractivity contribution in [2.24, 2.45) is 0 Å². The second-order valence-electron chi connectivity index (χ2n) is 7.32. The molecule has 0 radical (unpaired) electrons. The Bertz CT molecular complexity index is 1170. The molecule has 2 aromatic heterocycles. The molecule has 2 heterocycles. The molecule has 0 saturated heterocycles. The largest absolute Gasteiger partial charge is 0.467 e. The van der Waals surface area contributed by atoms with Gasteiger partial charge in [0.25, 0.3) is 0 Å². The minimum Gasteiger partial charge on any atom is -0.467 e. The number of rotatable bonds is 5. The summed E-state index contributed by atoms with van der Waals surface area (Å²) in [5.41, 5.74) is 4.57. The van der Waals surface area contributed by atoms with Crippen LogP contribution in [-0.2, 0) is 13.1 Å². The molecule has 0 atom stereocenters. The lowest BCUT2D eigenvalue weighted by Crippen LogP contribution is -2.34. The van der Waals surface area contributed by atoms with Gasteiger partial charge in [-0.2, -0.15) is 0 Å². The Morgan fingerprint density at radius 1 is 1.07 bits per heavy atom. The molecule has 0 spiro atoms. The van der Waals surface area contributed by atoms with Crippen LogP contribution in [0.2, 0.25) is 5.15 Å². The summed E-state index contributed by atoms with van der Waals surface area (Å²) in [5.74, 6) is 0.690. The number of aryl methyl sites for hydroxylation is 2. The highest BCUT2D eigenvalue weighted by Crippen LogP contribution is 2.25. The molecule has 6 heteroatoms. The molecule has 0 fully saturated rings. The molecule has 4 rings (SSSR count). The Balaban J connectivity index is 1.62. The molecular formula is C24H22ClN3O2. The zero-order valence-electron chi connectivity index (χ0n) is 16.9. The summed E-state index contributed by atoms with van der Waals surface area (Å²) in [4.78, 5) is 19.3. The maximum atomic E-state index is 13.1. The van der Waals surface area contributed by atoms with Crippen molar-refractivity contribution in [3.8, 4) is 0 Å². The first kappa shape index (κ1) is 20.0. The van der Waals surface area contributed by atoms with E-state index in [4.69, 9.17) is 16.0 Å². The van der Waals surface area contributed by atoms with Crippen LogP contribution in [-0.4, -0.2) is 15.9 Å². The summed E-state index contributed by atoms with van der Waals surface area (Å²) in [6.07, 6.45) is 1.60. The molecule has 4 aromatic rings. The molecule has 152 valence electrons. The van der Waals surface area contributed by atoms with Gasteiger partial charge in [0.2, 0.25) is 0 Å². The Morgan fingerprint density at radius 3 is 2.60 bits per heavy atom. The number of para-hydroxylation sites is 1. The number of carbonyl (C=O) groups excluding carboxylic acids is 1. The third-order valence-electron chi connectivity index (χ3n) is 4.95. The van der Waals surface area contributed by atoms with Gasteiger partial charge in [-0.25, -0.2) is 9.78 Å². The summed E-state index contributed by atoms with van der Waals surface area (Å²) >= 11 is 6.49. The van der Waals surface area contributed by atoms with Crippen molar-refractivity contribution in [3.63, 3.8) is 0 Å². The number of anilines is 1. The van der Waals surface area contributed by atoms with E-state index in [0.29, 0.717) is 24.0 Å². The van der Waals surface area contributed by atoms with Crippen molar-refractivity contribution >= 4 is 34.2 Å². The van der Waals surface area contributed by atoms with Crippen LogP contribution in [0.3, 0.4) is 0 Å². The monoisotopic (exact) mass is 419 g/mol. The van der Waals surface area contributed by atoms with E-state index in [1.54, 1.807) is 17.2 Å². The van der Waals surface area contributed by atoms with E-state index in [1.807, 2.05) is 68.4 Å². The number of nitrogens with zero attached hydrogens (tertiary/aromatic N) is 2. The summed E-state index contributed by atoms with van der Waals surface area (Å²) in [7, 11) is 0. The second kappa shape index (κ2) is 8.59. The first-order valence-corrected chi connectivity index (χ1v) is 10.1. The number of hydrogen-bond acceptors (Lipinski definition) is 3. The number of amides is 2. The van der Waals surface area contributed by atoms with Crippen LogP contribution in [0, 0.1) is 13.8 Å². The predicted octanol–water partition coefficient (Wildman–Crippen LogP) is 6.33. The zero-order chi connectivity index (χ0) is 21.1. The molecule has 0 saturated carbocycles. The Hall–Kier alpha value is -3.31. The van der Waals surface area contributed by atoms with Gasteiger partial charge in [-0.1, -0.05) is 47.5 Å². The molecule has 0 aliphatic carbocycles. The van der Waals surface area contributed by atoms with E-state index < -0.39 is 0 Å². The van der Waals surface area contributed by atoms with E-state index in [9.17, 15) is 4.79 Å². The fourth-order valence-corrected chi connectivity index (χ4v) is 3.51. The van der Waals surface area contributed by atoms with Crippen LogP contribution in [0.15, 0.2) is 71.3 Å². The molecular weight excluding hydrogens is 398 g/mol. The van der Waals surface area contributed by atoms with E-state index in [-0.39, 0.29) is 6.03 Å². The number of halogens is 1. The number of fused-ring (bicyclic) bond motifs is 1. The van der Waals surface area contributed by atoms with E-state index in [0.717, 1.165) is 33.3 Å². The van der Waals surface area contributed by atoms with Crippen molar-refractivity contribution in [3.05, 3.63) is 94.5 Å². The summed E-state index contributed by atoms with van der Waals surface area (Å²) in [5, 5.41) is 4.33. The molecule has 0 bridgehead atoms. The smallest absolute Gasteiger partial charge is 0.322 e. The molecule has 30 heavy (non-hydrogen) atoms.